The van der Waals surface area contributed by atoms with E-state index in [9.17, 15) is 9.90 Å². The summed E-state index contributed by atoms with van der Waals surface area (Å²) in [5, 5.41) is 10.1. The van der Waals surface area contributed by atoms with Gasteiger partial charge in [-0.25, -0.2) is 0 Å². The Hall–Kier alpha value is -1.21. The van der Waals surface area contributed by atoms with Gasteiger partial charge in [-0.1, -0.05) is 6.07 Å². The molecule has 2 aliphatic heterocycles. The molecular formula is C17H26N2O4. The summed E-state index contributed by atoms with van der Waals surface area (Å²) in [6, 6.07) is 5.56. The summed E-state index contributed by atoms with van der Waals surface area (Å²) in [4.78, 5) is 14.3. The van der Waals surface area contributed by atoms with Gasteiger partial charge in [0.25, 0.3) is 5.56 Å². The van der Waals surface area contributed by atoms with E-state index in [2.05, 4.69) is 11.0 Å². The number of aliphatic hydroxyl groups is 1. The molecule has 128 valence electrons. The van der Waals surface area contributed by atoms with Gasteiger partial charge in [-0.3, -0.25) is 9.69 Å². The molecule has 1 fully saturated rings. The molecule has 3 heterocycles. The molecule has 0 aromatic carbocycles. The van der Waals surface area contributed by atoms with Crippen LogP contribution < -0.4 is 5.56 Å². The molecule has 6 heteroatoms. The lowest BCUT2D eigenvalue weighted by molar-refractivity contribution is -0.00995. The Bertz CT molecular complexity index is 574. The van der Waals surface area contributed by atoms with Crippen LogP contribution in [0.3, 0.4) is 0 Å². The summed E-state index contributed by atoms with van der Waals surface area (Å²) in [5.41, 5.74) is 1.25. The molecule has 6 nitrogen and oxygen atoms in total. The topological polar surface area (TPSA) is 63.9 Å². The number of β-amino-alcohol motifs (C(OH)–C–C–N with tert-alkyl or cyclic N) is 1. The second-order valence-electron chi connectivity index (χ2n) is 6.64. The number of likely N-dealkylation sites (tertiary alicyclic amines) is 1. The molecule has 0 amide bonds. The lowest BCUT2D eigenvalue weighted by atomic mass is 9.83. The molecule has 0 unspecified atom stereocenters. The number of pyridine rings is 1. The van der Waals surface area contributed by atoms with Crippen LogP contribution in [-0.2, 0) is 16.0 Å². The third-order valence-electron chi connectivity index (χ3n) is 4.77. The van der Waals surface area contributed by atoms with Gasteiger partial charge in [-0.15, -0.1) is 0 Å². The fraction of sp³-hybridized carbons (Fsp3) is 0.706. The van der Waals surface area contributed by atoms with E-state index in [1.54, 1.807) is 13.2 Å². The number of piperidine rings is 1. The van der Waals surface area contributed by atoms with Crippen molar-refractivity contribution in [2.75, 3.05) is 46.6 Å². The van der Waals surface area contributed by atoms with Gasteiger partial charge in [0.2, 0.25) is 0 Å². The number of fused-ring (bicyclic) bond motifs is 4. The van der Waals surface area contributed by atoms with Gasteiger partial charge in [-0.05, 0) is 18.4 Å². The molecule has 3 rings (SSSR count). The highest BCUT2D eigenvalue weighted by Crippen LogP contribution is 2.34. The lowest BCUT2D eigenvalue weighted by Gasteiger charge is -2.43. The Morgan fingerprint density at radius 1 is 1.30 bits per heavy atom. The predicted molar refractivity (Wildman–Crippen MR) is 86.7 cm³/mol. The number of aromatic nitrogens is 1. The number of rotatable bonds is 7. The highest BCUT2D eigenvalue weighted by molar-refractivity contribution is 5.16. The van der Waals surface area contributed by atoms with E-state index in [-0.39, 0.29) is 5.56 Å². The summed E-state index contributed by atoms with van der Waals surface area (Å²) in [6.45, 7) is 4.65. The highest BCUT2D eigenvalue weighted by atomic mass is 16.5. The van der Waals surface area contributed by atoms with Crippen molar-refractivity contribution in [3.63, 3.8) is 0 Å². The zero-order valence-corrected chi connectivity index (χ0v) is 13.7. The lowest BCUT2D eigenvalue weighted by Crippen LogP contribution is -2.49. The molecule has 1 saturated heterocycles. The zero-order valence-electron chi connectivity index (χ0n) is 13.7. The monoisotopic (exact) mass is 322 g/mol. The molecule has 2 bridgehead atoms. The van der Waals surface area contributed by atoms with Crippen molar-refractivity contribution in [1.29, 1.82) is 0 Å². The van der Waals surface area contributed by atoms with Crippen molar-refractivity contribution in [2.24, 2.45) is 5.92 Å². The molecular weight excluding hydrogens is 296 g/mol. The largest absolute Gasteiger partial charge is 0.389 e. The number of nitrogens with zero attached hydrogens (tertiary/aromatic N) is 2. The molecule has 1 N–H and O–H groups in total. The second kappa shape index (κ2) is 7.57. The standard InChI is InChI=1S/C17H26N2O4/c1-22-5-6-23-12-15(20)11-18-8-13-7-14(10-18)16-3-2-4-17(21)19(16)9-13/h2-4,13-15,20H,5-12H2,1H3/t13-,14-,15+/m1/s1. The van der Waals surface area contributed by atoms with Crippen LogP contribution >= 0.6 is 0 Å². The molecule has 2 aliphatic rings. The average Bonchev–Trinajstić information content (AvgIpc) is 2.53. The average molecular weight is 322 g/mol. The zero-order chi connectivity index (χ0) is 16.2. The van der Waals surface area contributed by atoms with Crippen molar-refractivity contribution in [3.05, 3.63) is 34.2 Å². The maximum atomic E-state index is 12.0. The smallest absolute Gasteiger partial charge is 0.250 e. The second-order valence-corrected chi connectivity index (χ2v) is 6.64. The van der Waals surface area contributed by atoms with Gasteiger partial charge in [0, 0.05) is 51.0 Å². The van der Waals surface area contributed by atoms with Crippen molar-refractivity contribution in [1.82, 2.24) is 9.47 Å². The Labute approximate surface area is 136 Å². The van der Waals surface area contributed by atoms with Gasteiger partial charge in [0.05, 0.1) is 25.9 Å². The fourth-order valence-electron chi connectivity index (χ4n) is 3.86. The van der Waals surface area contributed by atoms with Gasteiger partial charge < -0.3 is 19.1 Å². The quantitative estimate of drug-likeness (QED) is 0.731. The number of hydrogen-bond donors (Lipinski definition) is 1. The van der Waals surface area contributed by atoms with E-state index in [1.165, 1.54) is 0 Å². The van der Waals surface area contributed by atoms with Gasteiger partial charge in [-0.2, -0.15) is 0 Å². The highest BCUT2D eigenvalue weighted by Gasteiger charge is 2.34. The van der Waals surface area contributed by atoms with Crippen LogP contribution in [-0.4, -0.2) is 67.2 Å². The van der Waals surface area contributed by atoms with E-state index >= 15 is 0 Å². The number of ether oxygens (including phenoxy) is 2. The first-order valence-electron chi connectivity index (χ1n) is 8.34. The van der Waals surface area contributed by atoms with E-state index in [1.807, 2.05) is 10.6 Å². The van der Waals surface area contributed by atoms with Crippen molar-refractivity contribution in [3.8, 4) is 0 Å². The number of methoxy groups -OCH3 is 1. The van der Waals surface area contributed by atoms with E-state index in [4.69, 9.17) is 9.47 Å². The molecule has 0 aliphatic carbocycles. The summed E-state index contributed by atoms with van der Waals surface area (Å²) in [5.74, 6) is 0.876. The minimum atomic E-state index is -0.483. The predicted octanol–water partition coefficient (Wildman–Crippen LogP) is 0.291. The molecule has 0 spiro atoms. The van der Waals surface area contributed by atoms with Crippen molar-refractivity contribution < 1.29 is 14.6 Å². The van der Waals surface area contributed by atoms with Crippen LogP contribution in [0.25, 0.3) is 0 Å². The third-order valence-corrected chi connectivity index (χ3v) is 4.77. The third kappa shape index (κ3) is 4.01. The summed E-state index contributed by atoms with van der Waals surface area (Å²) in [6.07, 6.45) is 0.657. The fourth-order valence-corrected chi connectivity index (χ4v) is 3.86. The maximum absolute atomic E-state index is 12.0. The summed E-state index contributed by atoms with van der Waals surface area (Å²) < 4.78 is 12.2. The Balaban J connectivity index is 1.56. The van der Waals surface area contributed by atoms with Crippen LogP contribution in [0.15, 0.2) is 23.0 Å². The van der Waals surface area contributed by atoms with Crippen molar-refractivity contribution >= 4 is 0 Å². The Morgan fingerprint density at radius 2 is 2.17 bits per heavy atom. The summed E-state index contributed by atoms with van der Waals surface area (Å²) >= 11 is 0. The van der Waals surface area contributed by atoms with Gasteiger partial charge in [0.15, 0.2) is 0 Å². The minimum Gasteiger partial charge on any atom is -0.389 e. The van der Waals surface area contributed by atoms with Crippen LogP contribution in [0, 0.1) is 5.92 Å². The SMILES string of the molecule is COCCOC[C@@H](O)CN1C[C@H]2C[C@H](C1)c1cccc(=O)n1C2. The van der Waals surface area contributed by atoms with Crippen LogP contribution in [0.1, 0.15) is 18.0 Å². The van der Waals surface area contributed by atoms with Crippen LogP contribution in [0.5, 0.6) is 0 Å². The molecule has 0 radical (unpaired) electrons. The first-order valence-corrected chi connectivity index (χ1v) is 8.34. The van der Waals surface area contributed by atoms with Crippen molar-refractivity contribution in [2.45, 2.75) is 25.0 Å². The van der Waals surface area contributed by atoms with Gasteiger partial charge >= 0.3 is 0 Å². The molecule has 23 heavy (non-hydrogen) atoms. The molecule has 1 aromatic heterocycles. The molecule has 0 saturated carbocycles. The van der Waals surface area contributed by atoms with Crippen LogP contribution in [0.2, 0.25) is 0 Å². The van der Waals surface area contributed by atoms with E-state index in [0.717, 1.165) is 31.7 Å². The molecule has 3 atom stereocenters. The molecule has 1 aromatic rings. The van der Waals surface area contributed by atoms with E-state index in [0.29, 0.717) is 38.2 Å². The first kappa shape index (κ1) is 16.6. The minimum absolute atomic E-state index is 0.109. The summed E-state index contributed by atoms with van der Waals surface area (Å²) in [7, 11) is 1.63. The first-order chi connectivity index (χ1) is 11.2. The Morgan fingerprint density at radius 3 is 3.00 bits per heavy atom. The van der Waals surface area contributed by atoms with E-state index < -0.39 is 6.10 Å². The normalized spacial score (nSPS) is 25.1. The van der Waals surface area contributed by atoms with Gasteiger partial charge in [0.1, 0.15) is 0 Å². The van der Waals surface area contributed by atoms with Crippen LogP contribution in [0.4, 0.5) is 0 Å². The maximum Gasteiger partial charge on any atom is 0.250 e. The Kier molecular flexibility index (Phi) is 5.48. The number of hydrogen-bond acceptors (Lipinski definition) is 5. The number of aliphatic hydroxyl groups excluding tert-OH is 1.